The molecular formula is C21H28N2O7. The summed E-state index contributed by atoms with van der Waals surface area (Å²) in [7, 11) is 0. The molecule has 1 aromatic carbocycles. The van der Waals surface area contributed by atoms with Crippen LogP contribution in [0.25, 0.3) is 0 Å². The second-order valence-electron chi connectivity index (χ2n) is 8.73. The van der Waals surface area contributed by atoms with Crippen LogP contribution in [0.4, 0.5) is 5.69 Å². The number of para-hydroxylation sites is 1. The standard InChI is InChI=1S/C21H28N2O7/c24-15-16(25)18(20(27)28)29-21(17(15)26)30-19-13-6-2-5-12-11-4-1-3-10(11)9-23(14(12)13)8-7-22-19/h2,5-6,10-11,15-19,21-22,24-26H,1,3-4,7-9H2,(H,27,28). The maximum Gasteiger partial charge on any atom is 0.335 e. The zero-order valence-corrected chi connectivity index (χ0v) is 16.6. The third-order valence-corrected chi connectivity index (χ3v) is 7.01. The third kappa shape index (κ3) is 3.21. The van der Waals surface area contributed by atoms with Gasteiger partial charge in [0.05, 0.1) is 0 Å². The average molecular weight is 420 g/mol. The molecule has 1 saturated carbocycles. The normalized spacial score (nSPS) is 40.4. The minimum absolute atomic E-state index is 0.542. The number of benzene rings is 1. The molecule has 164 valence electrons. The molecule has 3 heterocycles. The fourth-order valence-corrected chi connectivity index (χ4v) is 5.56. The second kappa shape index (κ2) is 7.74. The number of hydrogen-bond acceptors (Lipinski definition) is 8. The van der Waals surface area contributed by atoms with Gasteiger partial charge in [-0.15, -0.1) is 0 Å². The summed E-state index contributed by atoms with van der Waals surface area (Å²) in [4.78, 5) is 13.8. The molecule has 5 N–H and O–H groups in total. The number of nitrogens with one attached hydrogen (secondary N) is 1. The fraction of sp³-hybridized carbons (Fsp3) is 0.667. The number of fused-ring (bicyclic) bond motifs is 2. The highest BCUT2D eigenvalue weighted by atomic mass is 16.7. The molecule has 0 spiro atoms. The predicted octanol–water partition coefficient (Wildman–Crippen LogP) is -0.0991. The molecule has 9 heteroatoms. The summed E-state index contributed by atoms with van der Waals surface area (Å²) in [5, 5.41) is 43.0. The van der Waals surface area contributed by atoms with E-state index in [0.29, 0.717) is 18.4 Å². The summed E-state index contributed by atoms with van der Waals surface area (Å²) in [6.07, 6.45) is -5.04. The number of anilines is 1. The van der Waals surface area contributed by atoms with Crippen LogP contribution in [0.2, 0.25) is 0 Å². The van der Waals surface area contributed by atoms with Crippen molar-refractivity contribution in [1.82, 2.24) is 5.32 Å². The van der Waals surface area contributed by atoms with Gasteiger partial charge in [0, 0.05) is 30.9 Å². The Balaban J connectivity index is 1.45. The zero-order chi connectivity index (χ0) is 21.0. The highest BCUT2D eigenvalue weighted by Crippen LogP contribution is 2.50. The lowest BCUT2D eigenvalue weighted by Gasteiger charge is -2.41. The van der Waals surface area contributed by atoms with Gasteiger partial charge < -0.3 is 34.8 Å². The molecule has 4 aliphatic rings. The lowest BCUT2D eigenvalue weighted by molar-refractivity contribution is -0.307. The number of nitrogens with zero attached hydrogens (tertiary/aromatic N) is 1. The first-order valence-corrected chi connectivity index (χ1v) is 10.6. The van der Waals surface area contributed by atoms with Gasteiger partial charge in [-0.1, -0.05) is 24.6 Å². The minimum atomic E-state index is -1.74. The molecule has 30 heavy (non-hydrogen) atoms. The van der Waals surface area contributed by atoms with Crippen LogP contribution in [-0.2, 0) is 14.3 Å². The van der Waals surface area contributed by atoms with Crippen molar-refractivity contribution in [2.75, 3.05) is 24.5 Å². The summed E-state index contributed by atoms with van der Waals surface area (Å²) in [5.41, 5.74) is 3.39. The number of carboxylic acid groups (broad SMARTS) is 1. The minimum Gasteiger partial charge on any atom is -0.479 e. The topological polar surface area (TPSA) is 132 Å². The van der Waals surface area contributed by atoms with E-state index in [1.165, 1.54) is 24.8 Å². The van der Waals surface area contributed by atoms with Crippen molar-refractivity contribution < 1.29 is 34.7 Å². The first-order chi connectivity index (χ1) is 14.5. The summed E-state index contributed by atoms with van der Waals surface area (Å²) in [6.45, 7) is 2.48. The highest BCUT2D eigenvalue weighted by Gasteiger charge is 2.49. The summed E-state index contributed by atoms with van der Waals surface area (Å²) < 4.78 is 11.3. The van der Waals surface area contributed by atoms with E-state index < -0.39 is 42.9 Å². The van der Waals surface area contributed by atoms with Crippen LogP contribution in [-0.4, -0.2) is 76.7 Å². The molecular weight excluding hydrogens is 392 g/mol. The van der Waals surface area contributed by atoms with Crippen LogP contribution in [0.1, 0.15) is 42.5 Å². The predicted molar refractivity (Wildman–Crippen MR) is 105 cm³/mol. The van der Waals surface area contributed by atoms with Crippen LogP contribution in [0.5, 0.6) is 0 Å². The molecule has 1 saturated heterocycles. The quantitative estimate of drug-likeness (QED) is 0.455. The van der Waals surface area contributed by atoms with Crippen LogP contribution in [0, 0.1) is 5.92 Å². The zero-order valence-electron chi connectivity index (χ0n) is 16.6. The maximum atomic E-state index is 11.4. The summed E-state index contributed by atoms with van der Waals surface area (Å²) in [5.74, 6) is -0.215. The van der Waals surface area contributed by atoms with Crippen molar-refractivity contribution in [1.29, 1.82) is 0 Å². The third-order valence-electron chi connectivity index (χ3n) is 7.01. The van der Waals surface area contributed by atoms with E-state index in [4.69, 9.17) is 9.47 Å². The Labute approximate surface area is 174 Å². The number of aliphatic carboxylic acids is 1. The fourth-order valence-electron chi connectivity index (χ4n) is 5.56. The molecule has 2 fully saturated rings. The number of carboxylic acids is 1. The molecule has 0 aromatic heterocycles. The van der Waals surface area contributed by atoms with E-state index in [-0.39, 0.29) is 0 Å². The second-order valence-corrected chi connectivity index (χ2v) is 8.73. The van der Waals surface area contributed by atoms with Gasteiger partial charge >= 0.3 is 5.97 Å². The van der Waals surface area contributed by atoms with Gasteiger partial charge in [0.1, 0.15) is 24.5 Å². The Morgan fingerprint density at radius 3 is 2.73 bits per heavy atom. The molecule has 0 radical (unpaired) electrons. The molecule has 9 nitrogen and oxygen atoms in total. The van der Waals surface area contributed by atoms with Gasteiger partial charge in [0.15, 0.2) is 12.4 Å². The van der Waals surface area contributed by atoms with Gasteiger partial charge in [0.25, 0.3) is 0 Å². The molecule has 8 unspecified atom stereocenters. The van der Waals surface area contributed by atoms with Crippen molar-refractivity contribution in [2.24, 2.45) is 5.92 Å². The van der Waals surface area contributed by atoms with Crippen molar-refractivity contribution in [3.63, 3.8) is 0 Å². The number of aliphatic hydroxyl groups is 3. The molecule has 1 aliphatic carbocycles. The number of hydrogen-bond donors (Lipinski definition) is 5. The Hall–Kier alpha value is -1.75. The van der Waals surface area contributed by atoms with E-state index >= 15 is 0 Å². The summed E-state index contributed by atoms with van der Waals surface area (Å²) in [6, 6.07) is 6.16. The first kappa shape index (κ1) is 20.2. The monoisotopic (exact) mass is 420 g/mol. The Morgan fingerprint density at radius 1 is 1.13 bits per heavy atom. The number of ether oxygens (including phenoxy) is 2. The van der Waals surface area contributed by atoms with Gasteiger partial charge in [-0.05, 0) is 30.2 Å². The number of carbonyl (C=O) groups is 1. The first-order valence-electron chi connectivity index (χ1n) is 10.6. The van der Waals surface area contributed by atoms with Crippen molar-refractivity contribution in [3.05, 3.63) is 29.3 Å². The van der Waals surface area contributed by atoms with Crippen molar-refractivity contribution in [3.8, 4) is 0 Å². The van der Waals surface area contributed by atoms with E-state index in [1.54, 1.807) is 0 Å². The Morgan fingerprint density at radius 2 is 1.93 bits per heavy atom. The van der Waals surface area contributed by atoms with E-state index in [1.807, 2.05) is 12.1 Å². The average Bonchev–Trinajstić information content (AvgIpc) is 3.14. The van der Waals surface area contributed by atoms with Gasteiger partial charge in [-0.2, -0.15) is 0 Å². The van der Waals surface area contributed by atoms with E-state index in [2.05, 4.69) is 16.3 Å². The van der Waals surface area contributed by atoms with Crippen LogP contribution < -0.4 is 10.2 Å². The lowest BCUT2D eigenvalue weighted by Crippen LogP contribution is -2.60. The SMILES string of the molecule is O=C(O)C1OC(OC2NCCN3CC4CCCC4c4cccc2c43)C(O)C(O)C1O. The molecule has 0 amide bonds. The largest absolute Gasteiger partial charge is 0.479 e. The van der Waals surface area contributed by atoms with Crippen molar-refractivity contribution >= 4 is 11.7 Å². The Bertz CT molecular complexity index is 821. The lowest BCUT2D eigenvalue weighted by atomic mass is 9.82. The smallest absolute Gasteiger partial charge is 0.335 e. The van der Waals surface area contributed by atoms with Crippen LogP contribution in [0.15, 0.2) is 18.2 Å². The highest BCUT2D eigenvalue weighted by molar-refractivity contribution is 5.73. The van der Waals surface area contributed by atoms with Crippen molar-refractivity contribution in [2.45, 2.75) is 62.1 Å². The van der Waals surface area contributed by atoms with Gasteiger partial charge in [-0.25, -0.2) is 4.79 Å². The van der Waals surface area contributed by atoms with Crippen LogP contribution >= 0.6 is 0 Å². The molecule has 0 bridgehead atoms. The molecule has 3 aliphatic heterocycles. The van der Waals surface area contributed by atoms with Gasteiger partial charge in [-0.3, -0.25) is 5.32 Å². The maximum absolute atomic E-state index is 11.4. The van der Waals surface area contributed by atoms with Crippen LogP contribution in [0.3, 0.4) is 0 Å². The Kier molecular flexibility index (Phi) is 5.20. The number of aliphatic hydroxyl groups excluding tert-OH is 3. The van der Waals surface area contributed by atoms with E-state index in [0.717, 1.165) is 24.3 Å². The molecule has 1 aromatic rings. The van der Waals surface area contributed by atoms with E-state index in [9.17, 15) is 25.2 Å². The van der Waals surface area contributed by atoms with Gasteiger partial charge in [0.2, 0.25) is 0 Å². The molecule has 8 atom stereocenters. The molecule has 5 rings (SSSR count). The number of rotatable bonds is 3. The summed E-state index contributed by atoms with van der Waals surface area (Å²) >= 11 is 0.